The summed E-state index contributed by atoms with van der Waals surface area (Å²) >= 11 is 1.49. The number of fused-ring (bicyclic) bond motifs is 1. The quantitative estimate of drug-likeness (QED) is 0.347. The van der Waals surface area contributed by atoms with E-state index in [1.165, 1.54) is 22.5 Å². The minimum atomic E-state index is -4.39. The van der Waals surface area contributed by atoms with Gasteiger partial charge in [-0.1, -0.05) is 6.92 Å². The molecule has 0 spiro atoms. The second kappa shape index (κ2) is 9.59. The monoisotopic (exact) mass is 517 g/mol. The summed E-state index contributed by atoms with van der Waals surface area (Å²) in [7, 11) is 0. The molecule has 36 heavy (non-hydrogen) atoms. The fraction of sp³-hybridized carbons (Fsp3) is 0.520. The molecule has 5 rings (SSSR count). The first-order valence-electron chi connectivity index (χ1n) is 12.3. The lowest BCUT2D eigenvalue weighted by molar-refractivity contribution is -0.127. The number of rotatable bonds is 6. The lowest BCUT2D eigenvalue weighted by Gasteiger charge is -2.31. The first-order valence-corrected chi connectivity index (χ1v) is 13.1. The standard InChI is InChI=1S/C25H30F3N7S/c1-5-8-34-9-6-17(7-10-34)22-16(4)31-24(36-22)21-18(11-25(26,27)28)20(32-33-21)19-12-35-23(29-13-30-35)15(3)14(19)2/h12-13,17H,5-11H2,1-4H3,(H,32,33). The molecule has 0 amide bonds. The number of thiazole rings is 1. The Hall–Kier alpha value is -2.79. The number of aryl methyl sites for hydroxylation is 2. The van der Waals surface area contributed by atoms with Crippen LogP contribution in [-0.4, -0.2) is 60.5 Å². The molecule has 0 unspecified atom stereocenters. The molecule has 11 heteroatoms. The van der Waals surface area contributed by atoms with Gasteiger partial charge in [-0.3, -0.25) is 5.10 Å². The number of piperidine rings is 1. The van der Waals surface area contributed by atoms with E-state index in [1.807, 2.05) is 20.8 Å². The molecule has 1 aliphatic heterocycles. The molecule has 0 radical (unpaired) electrons. The highest BCUT2D eigenvalue weighted by Crippen LogP contribution is 2.41. The van der Waals surface area contributed by atoms with Crippen molar-refractivity contribution in [3.63, 3.8) is 0 Å². The van der Waals surface area contributed by atoms with Gasteiger partial charge in [0.1, 0.15) is 17.0 Å². The van der Waals surface area contributed by atoms with Crippen molar-refractivity contribution in [2.75, 3.05) is 19.6 Å². The van der Waals surface area contributed by atoms with Crippen LogP contribution in [0.2, 0.25) is 0 Å². The van der Waals surface area contributed by atoms with Crippen molar-refractivity contribution in [3.05, 3.63) is 39.8 Å². The van der Waals surface area contributed by atoms with Crippen LogP contribution in [0.15, 0.2) is 12.5 Å². The van der Waals surface area contributed by atoms with Gasteiger partial charge < -0.3 is 4.90 Å². The summed E-state index contributed by atoms with van der Waals surface area (Å²) in [5.74, 6) is 0.383. The van der Waals surface area contributed by atoms with Crippen LogP contribution in [0.4, 0.5) is 13.2 Å². The maximum atomic E-state index is 13.8. The van der Waals surface area contributed by atoms with Crippen LogP contribution in [0.5, 0.6) is 0 Å². The molecule has 0 bridgehead atoms. The molecule has 1 fully saturated rings. The summed E-state index contributed by atoms with van der Waals surface area (Å²) in [5, 5.41) is 12.0. The van der Waals surface area contributed by atoms with Crippen LogP contribution < -0.4 is 0 Å². The Morgan fingerprint density at radius 1 is 1.14 bits per heavy atom. The zero-order valence-electron chi connectivity index (χ0n) is 20.9. The lowest BCUT2D eigenvalue weighted by Crippen LogP contribution is -2.33. The molecule has 4 aromatic heterocycles. The minimum absolute atomic E-state index is 0.113. The first-order chi connectivity index (χ1) is 17.2. The first kappa shape index (κ1) is 24.9. The van der Waals surface area contributed by atoms with Crippen molar-refractivity contribution in [3.8, 4) is 22.0 Å². The van der Waals surface area contributed by atoms with Gasteiger partial charge in [0.15, 0.2) is 5.65 Å². The average molecular weight is 518 g/mol. The molecule has 192 valence electrons. The van der Waals surface area contributed by atoms with E-state index < -0.39 is 12.6 Å². The van der Waals surface area contributed by atoms with E-state index in [-0.39, 0.29) is 11.3 Å². The lowest BCUT2D eigenvalue weighted by atomic mass is 9.94. The topological polar surface area (TPSA) is 75.0 Å². The minimum Gasteiger partial charge on any atom is -0.303 e. The van der Waals surface area contributed by atoms with E-state index in [9.17, 15) is 13.2 Å². The molecular weight excluding hydrogens is 487 g/mol. The van der Waals surface area contributed by atoms with Crippen molar-refractivity contribution < 1.29 is 13.2 Å². The molecule has 0 aliphatic carbocycles. The summed E-state index contributed by atoms with van der Waals surface area (Å²) in [6.07, 6.45) is 0.888. The number of halogens is 3. The van der Waals surface area contributed by atoms with Crippen molar-refractivity contribution in [2.45, 2.75) is 65.5 Å². The summed E-state index contributed by atoms with van der Waals surface area (Å²) < 4.78 is 42.9. The van der Waals surface area contributed by atoms with Gasteiger partial charge in [-0.25, -0.2) is 14.5 Å². The SMILES string of the molecule is CCCN1CCC(c2sc(-c3n[nH]c(-c4cn5ncnc5c(C)c4C)c3CC(F)(F)F)nc2C)CC1. The predicted molar refractivity (Wildman–Crippen MR) is 134 cm³/mol. The number of nitrogens with one attached hydrogen (secondary N) is 1. The Bertz CT molecular complexity index is 1380. The van der Waals surface area contributed by atoms with E-state index in [0.29, 0.717) is 27.8 Å². The Morgan fingerprint density at radius 2 is 1.89 bits per heavy atom. The fourth-order valence-corrected chi connectivity index (χ4v) is 6.47. The number of H-pyrrole nitrogens is 1. The fourth-order valence-electron chi connectivity index (χ4n) is 5.21. The number of aromatic amines is 1. The van der Waals surface area contributed by atoms with Gasteiger partial charge in [-0.05, 0) is 76.7 Å². The van der Waals surface area contributed by atoms with Crippen molar-refractivity contribution in [1.82, 2.24) is 34.7 Å². The maximum absolute atomic E-state index is 13.8. The number of alkyl halides is 3. The molecule has 1 saturated heterocycles. The van der Waals surface area contributed by atoms with Crippen molar-refractivity contribution >= 4 is 17.0 Å². The zero-order chi connectivity index (χ0) is 25.6. The van der Waals surface area contributed by atoms with E-state index in [0.717, 1.165) is 55.7 Å². The smallest absolute Gasteiger partial charge is 0.303 e. The van der Waals surface area contributed by atoms with Crippen LogP contribution in [0.1, 0.15) is 59.4 Å². The highest BCUT2D eigenvalue weighted by Gasteiger charge is 2.34. The van der Waals surface area contributed by atoms with Crippen molar-refractivity contribution in [1.29, 1.82) is 0 Å². The molecule has 1 N–H and O–H groups in total. The Kier molecular flexibility index (Phi) is 6.63. The average Bonchev–Trinajstić information content (AvgIpc) is 3.55. The Balaban J connectivity index is 1.55. The third-order valence-electron chi connectivity index (χ3n) is 7.17. The Labute approximate surface area is 211 Å². The summed E-state index contributed by atoms with van der Waals surface area (Å²) in [6, 6.07) is 0. The number of nitrogens with zero attached hydrogens (tertiary/aromatic N) is 6. The number of aromatic nitrogens is 6. The van der Waals surface area contributed by atoms with Gasteiger partial charge in [0.2, 0.25) is 0 Å². The highest BCUT2D eigenvalue weighted by molar-refractivity contribution is 7.15. The van der Waals surface area contributed by atoms with E-state index in [1.54, 1.807) is 10.7 Å². The second-order valence-electron chi connectivity index (χ2n) is 9.62. The maximum Gasteiger partial charge on any atom is 0.393 e. The van der Waals surface area contributed by atoms with Gasteiger partial charge in [0, 0.05) is 22.2 Å². The summed E-state index contributed by atoms with van der Waals surface area (Å²) in [5.41, 5.74) is 4.64. The van der Waals surface area contributed by atoms with Gasteiger partial charge in [-0.15, -0.1) is 11.3 Å². The van der Waals surface area contributed by atoms with Crippen molar-refractivity contribution in [2.24, 2.45) is 0 Å². The largest absolute Gasteiger partial charge is 0.393 e. The molecule has 1 aliphatic rings. The summed E-state index contributed by atoms with van der Waals surface area (Å²) in [4.78, 5) is 12.6. The molecule has 5 heterocycles. The van der Waals surface area contributed by atoms with E-state index >= 15 is 0 Å². The normalized spacial score (nSPS) is 15.9. The zero-order valence-corrected chi connectivity index (χ0v) is 21.7. The predicted octanol–water partition coefficient (Wildman–Crippen LogP) is 5.86. The van der Waals surface area contributed by atoms with Gasteiger partial charge in [0.25, 0.3) is 0 Å². The number of hydrogen-bond acceptors (Lipinski definition) is 6. The third-order valence-corrected chi connectivity index (χ3v) is 8.50. The molecule has 7 nitrogen and oxygen atoms in total. The Morgan fingerprint density at radius 3 is 2.58 bits per heavy atom. The molecule has 0 atom stereocenters. The van der Waals surface area contributed by atoms with Gasteiger partial charge in [-0.2, -0.15) is 23.4 Å². The number of hydrogen-bond donors (Lipinski definition) is 1. The van der Waals surface area contributed by atoms with E-state index in [4.69, 9.17) is 4.98 Å². The highest BCUT2D eigenvalue weighted by atomic mass is 32.1. The van der Waals surface area contributed by atoms with Crippen LogP contribution in [-0.2, 0) is 6.42 Å². The van der Waals surface area contributed by atoms with Crippen LogP contribution in [0.3, 0.4) is 0 Å². The number of likely N-dealkylation sites (tertiary alicyclic amines) is 1. The van der Waals surface area contributed by atoms with Gasteiger partial charge >= 0.3 is 6.18 Å². The van der Waals surface area contributed by atoms with E-state index in [2.05, 4.69) is 32.1 Å². The van der Waals surface area contributed by atoms with Crippen LogP contribution in [0, 0.1) is 20.8 Å². The molecule has 0 aromatic carbocycles. The summed E-state index contributed by atoms with van der Waals surface area (Å²) in [6.45, 7) is 11.1. The second-order valence-corrected chi connectivity index (χ2v) is 10.7. The molecule has 0 saturated carbocycles. The third kappa shape index (κ3) is 4.66. The molecule has 4 aromatic rings. The van der Waals surface area contributed by atoms with Crippen LogP contribution >= 0.6 is 11.3 Å². The number of pyridine rings is 1. The molecular formula is C25H30F3N7S. The van der Waals surface area contributed by atoms with Crippen LogP contribution in [0.25, 0.3) is 27.6 Å². The van der Waals surface area contributed by atoms with Gasteiger partial charge in [0.05, 0.1) is 17.8 Å².